The minimum atomic E-state index is 0.606. The number of hydrogen-bond donors (Lipinski definition) is 1. The molecule has 1 aliphatic carbocycles. The van der Waals surface area contributed by atoms with E-state index in [-0.39, 0.29) is 0 Å². The van der Waals surface area contributed by atoms with Gasteiger partial charge in [-0.15, -0.1) is 0 Å². The Balaban J connectivity index is 2.46. The van der Waals surface area contributed by atoms with Gasteiger partial charge in [-0.05, 0) is 63.8 Å². The molecule has 0 saturated heterocycles. The molecule has 0 radical (unpaired) electrons. The minimum Gasteiger partial charge on any atom is -0.329 e. The molecule has 3 nitrogen and oxygen atoms in total. The van der Waals surface area contributed by atoms with Crippen molar-refractivity contribution in [2.24, 2.45) is 17.6 Å². The van der Waals surface area contributed by atoms with Crippen molar-refractivity contribution in [3.05, 3.63) is 0 Å². The third-order valence-corrected chi connectivity index (χ3v) is 5.45. The molecule has 0 bridgehead atoms. The Bertz CT molecular complexity index is 253. The van der Waals surface area contributed by atoms with Gasteiger partial charge in [-0.3, -0.25) is 4.90 Å². The van der Waals surface area contributed by atoms with Gasteiger partial charge in [-0.1, -0.05) is 40.5 Å². The highest BCUT2D eigenvalue weighted by Gasteiger charge is 2.29. The van der Waals surface area contributed by atoms with E-state index in [0.29, 0.717) is 6.04 Å². The Morgan fingerprint density at radius 3 is 2.29 bits per heavy atom. The van der Waals surface area contributed by atoms with Crippen LogP contribution in [0.2, 0.25) is 0 Å². The van der Waals surface area contributed by atoms with E-state index < -0.39 is 0 Å². The van der Waals surface area contributed by atoms with Gasteiger partial charge in [-0.25, -0.2) is 0 Å². The normalized spacial score (nSPS) is 24.7. The molecule has 3 heteroatoms. The molecule has 0 spiro atoms. The molecular formula is C18H39N3. The van der Waals surface area contributed by atoms with E-state index in [0.717, 1.165) is 24.9 Å². The van der Waals surface area contributed by atoms with Crippen LogP contribution in [-0.2, 0) is 0 Å². The number of nitrogens with zero attached hydrogens (tertiary/aromatic N) is 2. The topological polar surface area (TPSA) is 32.5 Å². The lowest BCUT2D eigenvalue weighted by atomic mass is 9.78. The van der Waals surface area contributed by atoms with Crippen LogP contribution >= 0.6 is 0 Å². The van der Waals surface area contributed by atoms with Crippen LogP contribution in [0.1, 0.15) is 59.8 Å². The predicted octanol–water partition coefficient (Wildman–Crippen LogP) is 3.19. The van der Waals surface area contributed by atoms with Crippen LogP contribution in [0.3, 0.4) is 0 Å². The summed E-state index contributed by atoms with van der Waals surface area (Å²) in [4.78, 5) is 5.18. The van der Waals surface area contributed by atoms with Gasteiger partial charge < -0.3 is 10.6 Å². The van der Waals surface area contributed by atoms with Crippen molar-refractivity contribution in [1.82, 2.24) is 9.80 Å². The summed E-state index contributed by atoms with van der Waals surface area (Å²) in [5.41, 5.74) is 6.16. The molecule has 3 unspecified atom stereocenters. The standard InChI is InChI=1S/C18H39N3/c1-5-20(6-2)12-9-13-21(7-3)18(15-19)17-11-8-10-16(4)14-17/h16-18H,5-15,19H2,1-4H3. The maximum absolute atomic E-state index is 6.16. The maximum atomic E-state index is 6.16. The monoisotopic (exact) mass is 297 g/mol. The fourth-order valence-electron chi connectivity index (χ4n) is 4.07. The van der Waals surface area contributed by atoms with Gasteiger partial charge in [0.15, 0.2) is 0 Å². The van der Waals surface area contributed by atoms with Gasteiger partial charge in [0.25, 0.3) is 0 Å². The largest absolute Gasteiger partial charge is 0.329 e. The third-order valence-electron chi connectivity index (χ3n) is 5.45. The first kappa shape index (κ1) is 18.9. The summed E-state index contributed by atoms with van der Waals surface area (Å²) in [5.74, 6) is 1.72. The Morgan fingerprint density at radius 1 is 1.05 bits per heavy atom. The third kappa shape index (κ3) is 6.25. The first-order valence-corrected chi connectivity index (χ1v) is 9.32. The van der Waals surface area contributed by atoms with E-state index in [1.165, 1.54) is 58.3 Å². The molecule has 1 rings (SSSR count). The lowest BCUT2D eigenvalue weighted by Crippen LogP contribution is -2.47. The Kier molecular flexibility index (Phi) is 9.54. The molecule has 0 aromatic carbocycles. The highest BCUT2D eigenvalue weighted by Crippen LogP contribution is 2.32. The fraction of sp³-hybridized carbons (Fsp3) is 1.00. The van der Waals surface area contributed by atoms with Crippen molar-refractivity contribution in [2.45, 2.75) is 65.8 Å². The first-order chi connectivity index (χ1) is 10.2. The van der Waals surface area contributed by atoms with E-state index in [2.05, 4.69) is 37.5 Å². The second kappa shape index (κ2) is 10.6. The van der Waals surface area contributed by atoms with Gasteiger partial charge in [-0.2, -0.15) is 0 Å². The molecule has 2 N–H and O–H groups in total. The second-order valence-corrected chi connectivity index (χ2v) is 6.84. The zero-order valence-corrected chi connectivity index (χ0v) is 15.0. The smallest absolute Gasteiger partial charge is 0.0246 e. The summed E-state index contributed by atoms with van der Waals surface area (Å²) < 4.78 is 0. The molecule has 1 fully saturated rings. The van der Waals surface area contributed by atoms with Gasteiger partial charge in [0.05, 0.1) is 0 Å². The van der Waals surface area contributed by atoms with Crippen molar-refractivity contribution in [3.8, 4) is 0 Å². The molecule has 0 heterocycles. The minimum absolute atomic E-state index is 0.606. The number of nitrogens with two attached hydrogens (primary N) is 1. The number of likely N-dealkylation sites (N-methyl/N-ethyl adjacent to an activating group) is 1. The molecule has 0 aromatic heterocycles. The van der Waals surface area contributed by atoms with Crippen LogP contribution < -0.4 is 5.73 Å². The summed E-state index contributed by atoms with van der Waals surface area (Å²) >= 11 is 0. The second-order valence-electron chi connectivity index (χ2n) is 6.84. The zero-order chi connectivity index (χ0) is 15.7. The molecule has 126 valence electrons. The lowest BCUT2D eigenvalue weighted by molar-refractivity contribution is 0.107. The van der Waals surface area contributed by atoms with Gasteiger partial charge in [0.2, 0.25) is 0 Å². The Labute approximate surface area is 133 Å². The van der Waals surface area contributed by atoms with Crippen molar-refractivity contribution in [1.29, 1.82) is 0 Å². The summed E-state index contributed by atoms with van der Waals surface area (Å²) in [5, 5.41) is 0. The van der Waals surface area contributed by atoms with Crippen molar-refractivity contribution < 1.29 is 0 Å². The molecule has 1 saturated carbocycles. The fourth-order valence-corrected chi connectivity index (χ4v) is 4.07. The molecule has 21 heavy (non-hydrogen) atoms. The molecule has 0 amide bonds. The van der Waals surface area contributed by atoms with E-state index >= 15 is 0 Å². The first-order valence-electron chi connectivity index (χ1n) is 9.32. The number of rotatable bonds is 10. The van der Waals surface area contributed by atoms with Crippen LogP contribution in [-0.4, -0.2) is 55.1 Å². The van der Waals surface area contributed by atoms with Gasteiger partial charge >= 0.3 is 0 Å². The summed E-state index contributed by atoms with van der Waals surface area (Å²) in [6.45, 7) is 16.0. The summed E-state index contributed by atoms with van der Waals surface area (Å²) in [6.07, 6.45) is 6.86. The zero-order valence-electron chi connectivity index (χ0n) is 15.0. The van der Waals surface area contributed by atoms with Gasteiger partial charge in [0.1, 0.15) is 0 Å². The van der Waals surface area contributed by atoms with E-state index in [1.807, 2.05) is 0 Å². The van der Waals surface area contributed by atoms with Crippen molar-refractivity contribution >= 4 is 0 Å². The predicted molar refractivity (Wildman–Crippen MR) is 93.6 cm³/mol. The maximum Gasteiger partial charge on any atom is 0.0246 e. The van der Waals surface area contributed by atoms with Crippen LogP contribution in [0.15, 0.2) is 0 Å². The van der Waals surface area contributed by atoms with Crippen LogP contribution in [0.4, 0.5) is 0 Å². The Morgan fingerprint density at radius 2 is 1.76 bits per heavy atom. The SMILES string of the molecule is CCN(CC)CCCN(CC)C(CN)C1CCCC(C)C1. The quantitative estimate of drug-likeness (QED) is 0.672. The summed E-state index contributed by atoms with van der Waals surface area (Å²) in [7, 11) is 0. The molecule has 0 aliphatic heterocycles. The van der Waals surface area contributed by atoms with E-state index in [1.54, 1.807) is 0 Å². The van der Waals surface area contributed by atoms with Crippen molar-refractivity contribution in [2.75, 3.05) is 39.3 Å². The van der Waals surface area contributed by atoms with Crippen LogP contribution in [0.25, 0.3) is 0 Å². The van der Waals surface area contributed by atoms with Crippen LogP contribution in [0, 0.1) is 11.8 Å². The summed E-state index contributed by atoms with van der Waals surface area (Å²) in [6, 6.07) is 0.606. The molecule has 0 aromatic rings. The Hall–Kier alpha value is -0.120. The van der Waals surface area contributed by atoms with E-state index in [9.17, 15) is 0 Å². The average Bonchev–Trinajstić information content (AvgIpc) is 2.50. The highest BCUT2D eigenvalue weighted by atomic mass is 15.2. The molecule has 1 aliphatic rings. The molecular weight excluding hydrogens is 258 g/mol. The van der Waals surface area contributed by atoms with E-state index in [4.69, 9.17) is 5.73 Å². The average molecular weight is 298 g/mol. The lowest BCUT2D eigenvalue weighted by Gasteiger charge is -2.39. The highest BCUT2D eigenvalue weighted by molar-refractivity contribution is 4.84. The van der Waals surface area contributed by atoms with Crippen LogP contribution in [0.5, 0.6) is 0 Å². The van der Waals surface area contributed by atoms with Gasteiger partial charge in [0, 0.05) is 12.6 Å². The van der Waals surface area contributed by atoms with Crippen molar-refractivity contribution in [3.63, 3.8) is 0 Å². The molecule has 3 atom stereocenters. The number of hydrogen-bond acceptors (Lipinski definition) is 3.